The van der Waals surface area contributed by atoms with Gasteiger partial charge < -0.3 is 24.8 Å². The number of morpholine rings is 1. The van der Waals surface area contributed by atoms with Gasteiger partial charge in [0.25, 0.3) is 5.91 Å². The number of aromatic nitrogens is 3. The number of hydrogen-bond acceptors (Lipinski definition) is 8. The topological polar surface area (TPSA) is 113 Å². The van der Waals surface area contributed by atoms with Gasteiger partial charge in [-0.15, -0.1) is 0 Å². The van der Waals surface area contributed by atoms with E-state index in [4.69, 9.17) is 24.9 Å². The molecule has 0 aliphatic carbocycles. The Bertz CT molecular complexity index is 1210. The van der Waals surface area contributed by atoms with Crippen molar-refractivity contribution in [3.8, 4) is 22.8 Å². The number of hydrogen-bond donors (Lipinski definition) is 1. The summed E-state index contributed by atoms with van der Waals surface area (Å²) >= 11 is 0. The zero-order valence-electron chi connectivity index (χ0n) is 18.1. The van der Waals surface area contributed by atoms with E-state index in [1.807, 2.05) is 42.5 Å². The highest BCUT2D eigenvalue weighted by molar-refractivity contribution is 5.99. The number of rotatable bonds is 4. The third kappa shape index (κ3) is 4.35. The Hall–Kier alpha value is -3.98. The first-order chi connectivity index (χ1) is 16.1. The van der Waals surface area contributed by atoms with E-state index in [0.717, 1.165) is 22.6 Å². The highest BCUT2D eigenvalue weighted by atomic mass is 16.5. The second kappa shape index (κ2) is 8.87. The molecule has 168 valence electrons. The van der Waals surface area contributed by atoms with Crippen molar-refractivity contribution in [2.24, 2.45) is 0 Å². The largest absolute Gasteiger partial charge is 0.497 e. The van der Waals surface area contributed by atoms with Crippen molar-refractivity contribution < 1.29 is 19.0 Å². The number of nitrogen functional groups attached to an aromatic ring is 1. The molecule has 2 aliphatic rings. The van der Waals surface area contributed by atoms with E-state index in [0.29, 0.717) is 36.7 Å². The zero-order valence-corrected chi connectivity index (χ0v) is 18.1. The molecule has 0 radical (unpaired) electrons. The average Bonchev–Trinajstić information content (AvgIpc) is 2.88. The molecule has 1 unspecified atom stereocenters. The van der Waals surface area contributed by atoms with E-state index in [1.54, 1.807) is 24.4 Å². The molecule has 1 amide bonds. The molecule has 5 rings (SSSR count). The molecule has 1 atom stereocenters. The van der Waals surface area contributed by atoms with Crippen LogP contribution in [-0.2, 0) is 9.53 Å². The number of methoxy groups -OCH3 is 1. The van der Waals surface area contributed by atoms with Crippen molar-refractivity contribution in [1.82, 2.24) is 19.9 Å². The van der Waals surface area contributed by atoms with Crippen LogP contribution < -0.4 is 15.2 Å². The number of pyridine rings is 1. The molecule has 2 aromatic heterocycles. The van der Waals surface area contributed by atoms with E-state index in [2.05, 4.69) is 9.97 Å². The molecule has 0 saturated carbocycles. The molecule has 2 aliphatic heterocycles. The fourth-order valence-electron chi connectivity index (χ4n) is 3.88. The van der Waals surface area contributed by atoms with Gasteiger partial charge in [0.15, 0.2) is 0 Å². The Morgan fingerprint density at radius 2 is 2.06 bits per heavy atom. The highest BCUT2D eigenvalue weighted by Gasteiger charge is 2.29. The van der Waals surface area contributed by atoms with Crippen LogP contribution in [0.1, 0.15) is 17.4 Å². The van der Waals surface area contributed by atoms with Crippen molar-refractivity contribution in [3.63, 3.8) is 0 Å². The molecule has 1 aromatic carbocycles. The fourth-order valence-corrected chi connectivity index (χ4v) is 3.88. The molecule has 0 spiro atoms. The number of benzene rings is 1. The van der Waals surface area contributed by atoms with Crippen LogP contribution in [0.25, 0.3) is 17.3 Å². The third-order valence-corrected chi connectivity index (χ3v) is 5.63. The maximum atomic E-state index is 13.3. The molecule has 0 bridgehead atoms. The molecular formula is C24H23N5O4. The lowest BCUT2D eigenvalue weighted by atomic mass is 10.1. The lowest BCUT2D eigenvalue weighted by Crippen LogP contribution is -2.44. The number of nitrogens with two attached hydrogens (primary N) is 1. The Balaban J connectivity index is 1.34. The lowest BCUT2D eigenvalue weighted by Gasteiger charge is -2.34. The van der Waals surface area contributed by atoms with E-state index < -0.39 is 0 Å². The van der Waals surface area contributed by atoms with Gasteiger partial charge in [0, 0.05) is 30.1 Å². The molecule has 33 heavy (non-hydrogen) atoms. The summed E-state index contributed by atoms with van der Waals surface area (Å²) in [6.07, 6.45) is 4.80. The summed E-state index contributed by atoms with van der Waals surface area (Å²) in [6.45, 7) is 1.55. The first-order valence-electron chi connectivity index (χ1n) is 10.6. The quantitative estimate of drug-likeness (QED) is 0.652. The number of nitrogens with zero attached hydrogens (tertiary/aromatic N) is 4. The number of anilines is 1. The first-order valence-corrected chi connectivity index (χ1v) is 10.6. The van der Waals surface area contributed by atoms with Gasteiger partial charge in [0.05, 0.1) is 37.2 Å². The molecule has 9 nitrogen and oxygen atoms in total. The number of carbonyl (C=O) groups excluding carboxylic acids is 1. The Morgan fingerprint density at radius 3 is 2.88 bits per heavy atom. The van der Waals surface area contributed by atoms with Crippen molar-refractivity contribution >= 4 is 17.9 Å². The fraction of sp³-hybridized carbons (Fsp3) is 0.250. The Labute approximate surface area is 190 Å². The molecule has 1 saturated heterocycles. The van der Waals surface area contributed by atoms with E-state index in [-0.39, 0.29) is 24.6 Å². The summed E-state index contributed by atoms with van der Waals surface area (Å²) in [5.41, 5.74) is 9.22. The average molecular weight is 445 g/mol. The minimum absolute atomic E-state index is 0.0696. The molecule has 9 heteroatoms. The van der Waals surface area contributed by atoms with Gasteiger partial charge in [0.1, 0.15) is 24.2 Å². The Kier molecular flexibility index (Phi) is 5.62. The SMILES string of the molecule is COc1ccc2c(c1)C=C(C(=O)N1CCOC(c3cccc(-c4cnc(N)nc4)n3)C1)CO2. The van der Waals surface area contributed by atoms with Crippen molar-refractivity contribution in [2.75, 3.05) is 39.1 Å². The van der Waals surface area contributed by atoms with Crippen LogP contribution in [-0.4, -0.2) is 59.2 Å². The minimum Gasteiger partial charge on any atom is -0.497 e. The summed E-state index contributed by atoms with van der Waals surface area (Å²) in [5.74, 6) is 1.59. The summed E-state index contributed by atoms with van der Waals surface area (Å²) in [6, 6.07) is 11.2. The van der Waals surface area contributed by atoms with Crippen LogP contribution in [0.2, 0.25) is 0 Å². The normalized spacial score (nSPS) is 17.5. The number of amides is 1. The van der Waals surface area contributed by atoms with Gasteiger partial charge in [-0.3, -0.25) is 4.79 Å². The highest BCUT2D eigenvalue weighted by Crippen LogP contribution is 2.31. The van der Waals surface area contributed by atoms with Gasteiger partial charge in [-0.25, -0.2) is 15.0 Å². The van der Waals surface area contributed by atoms with Gasteiger partial charge in [-0.2, -0.15) is 0 Å². The molecule has 2 N–H and O–H groups in total. The summed E-state index contributed by atoms with van der Waals surface area (Å²) in [7, 11) is 1.61. The standard InChI is InChI=1S/C24H23N5O4/c1-31-18-5-6-21-15(10-18)9-16(14-33-21)23(30)29-7-8-32-22(13-29)20-4-2-3-19(28-20)17-11-26-24(25)27-12-17/h2-6,9-12,22H,7-8,13-14H2,1H3,(H2,25,26,27). The van der Waals surface area contributed by atoms with Crippen LogP contribution in [0.15, 0.2) is 54.4 Å². The predicted octanol–water partition coefficient (Wildman–Crippen LogP) is 2.51. The van der Waals surface area contributed by atoms with Crippen molar-refractivity contribution in [1.29, 1.82) is 0 Å². The third-order valence-electron chi connectivity index (χ3n) is 5.63. The molecule has 1 fully saturated rings. The van der Waals surface area contributed by atoms with E-state index in [1.165, 1.54) is 0 Å². The number of carbonyl (C=O) groups is 1. The van der Waals surface area contributed by atoms with Crippen LogP contribution >= 0.6 is 0 Å². The molecular weight excluding hydrogens is 422 g/mol. The monoisotopic (exact) mass is 445 g/mol. The van der Waals surface area contributed by atoms with Crippen LogP contribution in [0.3, 0.4) is 0 Å². The number of ether oxygens (including phenoxy) is 3. The van der Waals surface area contributed by atoms with Gasteiger partial charge in [-0.1, -0.05) is 6.07 Å². The van der Waals surface area contributed by atoms with Crippen LogP contribution in [0, 0.1) is 0 Å². The second-order valence-corrected chi connectivity index (χ2v) is 7.75. The van der Waals surface area contributed by atoms with Gasteiger partial charge >= 0.3 is 0 Å². The van der Waals surface area contributed by atoms with Crippen molar-refractivity contribution in [3.05, 3.63) is 65.6 Å². The first kappa shape index (κ1) is 20.9. The van der Waals surface area contributed by atoms with Gasteiger partial charge in [0.2, 0.25) is 5.95 Å². The Morgan fingerprint density at radius 1 is 1.21 bits per heavy atom. The van der Waals surface area contributed by atoms with Gasteiger partial charge in [-0.05, 0) is 36.4 Å². The van der Waals surface area contributed by atoms with Crippen LogP contribution in [0.5, 0.6) is 11.5 Å². The summed E-state index contributed by atoms with van der Waals surface area (Å²) in [5, 5.41) is 0. The maximum Gasteiger partial charge on any atom is 0.253 e. The summed E-state index contributed by atoms with van der Waals surface area (Å²) in [4.78, 5) is 27.8. The minimum atomic E-state index is -0.338. The zero-order chi connectivity index (χ0) is 22.8. The molecule has 4 heterocycles. The molecule has 3 aromatic rings. The maximum absolute atomic E-state index is 13.3. The summed E-state index contributed by atoms with van der Waals surface area (Å²) < 4.78 is 17.0. The predicted molar refractivity (Wildman–Crippen MR) is 121 cm³/mol. The number of fused-ring (bicyclic) bond motifs is 1. The van der Waals surface area contributed by atoms with Crippen LogP contribution in [0.4, 0.5) is 5.95 Å². The second-order valence-electron chi connectivity index (χ2n) is 7.75. The van der Waals surface area contributed by atoms with E-state index >= 15 is 0 Å². The smallest absolute Gasteiger partial charge is 0.253 e. The van der Waals surface area contributed by atoms with E-state index in [9.17, 15) is 4.79 Å². The van der Waals surface area contributed by atoms with Crippen molar-refractivity contribution in [2.45, 2.75) is 6.10 Å². The lowest BCUT2D eigenvalue weighted by molar-refractivity contribution is -0.135.